The average Bonchev–Trinajstić information content (AvgIpc) is 3.09. The van der Waals surface area contributed by atoms with E-state index >= 15 is 0 Å². The Bertz CT molecular complexity index is 577. The molecule has 0 aliphatic heterocycles. The monoisotopic (exact) mass is 370 g/mol. The van der Waals surface area contributed by atoms with E-state index < -0.39 is 5.97 Å². The summed E-state index contributed by atoms with van der Waals surface area (Å²) in [5.41, 5.74) is 0.983. The lowest BCUT2D eigenvalue weighted by Crippen LogP contribution is -2.30. The van der Waals surface area contributed by atoms with Gasteiger partial charge < -0.3 is 20.1 Å². The summed E-state index contributed by atoms with van der Waals surface area (Å²) in [6, 6.07) is 4.86. The highest BCUT2D eigenvalue weighted by Gasteiger charge is 2.14. The first-order valence-electron chi connectivity index (χ1n) is 8.14. The van der Waals surface area contributed by atoms with Crippen LogP contribution < -0.4 is 10.6 Å². The molecule has 132 valence electrons. The van der Waals surface area contributed by atoms with Gasteiger partial charge in [-0.15, -0.1) is 0 Å². The molecule has 0 spiro atoms. The zero-order valence-corrected chi connectivity index (χ0v) is 15.3. The number of thiocarbonyl (C=S) groups is 1. The van der Waals surface area contributed by atoms with Gasteiger partial charge in [-0.05, 0) is 49.7 Å². The Balaban J connectivity index is 1.72. The van der Waals surface area contributed by atoms with Gasteiger partial charge in [0.15, 0.2) is 5.11 Å². The molecule has 2 N–H and O–H groups in total. The van der Waals surface area contributed by atoms with Crippen molar-refractivity contribution in [2.45, 2.75) is 38.2 Å². The third-order valence-corrected chi connectivity index (χ3v) is 4.47. The first-order valence-corrected chi connectivity index (χ1v) is 8.93. The molecule has 0 aromatic heterocycles. The van der Waals surface area contributed by atoms with E-state index in [0.29, 0.717) is 34.0 Å². The lowest BCUT2D eigenvalue weighted by Gasteiger charge is -2.14. The van der Waals surface area contributed by atoms with Gasteiger partial charge in [0.1, 0.15) is 0 Å². The smallest absolute Gasteiger partial charge is 0.337 e. The van der Waals surface area contributed by atoms with Crippen molar-refractivity contribution in [1.29, 1.82) is 0 Å². The molecule has 0 amide bonds. The fraction of sp³-hybridized carbons (Fsp3) is 0.529. The number of rotatable bonds is 7. The molecule has 0 heterocycles. The van der Waals surface area contributed by atoms with E-state index in [0.717, 1.165) is 13.0 Å². The van der Waals surface area contributed by atoms with Crippen molar-refractivity contribution in [2.24, 2.45) is 0 Å². The highest BCUT2D eigenvalue weighted by molar-refractivity contribution is 7.80. The summed E-state index contributed by atoms with van der Waals surface area (Å²) in [5.74, 6) is -0.419. The van der Waals surface area contributed by atoms with E-state index in [2.05, 4.69) is 10.6 Å². The van der Waals surface area contributed by atoms with Crippen LogP contribution in [0.1, 0.15) is 42.5 Å². The van der Waals surface area contributed by atoms with Crippen LogP contribution in [0.25, 0.3) is 0 Å². The number of hydrogen-bond donors (Lipinski definition) is 2. The largest absolute Gasteiger partial charge is 0.465 e. The Morgan fingerprint density at radius 2 is 2.12 bits per heavy atom. The van der Waals surface area contributed by atoms with Crippen molar-refractivity contribution >= 4 is 40.6 Å². The van der Waals surface area contributed by atoms with Crippen LogP contribution >= 0.6 is 23.8 Å². The molecule has 1 fully saturated rings. The average molecular weight is 371 g/mol. The number of esters is 1. The molecule has 0 unspecified atom stereocenters. The number of halogens is 1. The van der Waals surface area contributed by atoms with E-state index in [1.807, 2.05) is 0 Å². The van der Waals surface area contributed by atoms with E-state index in [9.17, 15) is 4.79 Å². The summed E-state index contributed by atoms with van der Waals surface area (Å²) in [6.45, 7) is 1.45. The number of nitrogens with one attached hydrogen (secondary N) is 2. The highest BCUT2D eigenvalue weighted by atomic mass is 35.5. The summed E-state index contributed by atoms with van der Waals surface area (Å²) >= 11 is 11.4. The van der Waals surface area contributed by atoms with Gasteiger partial charge in [0.25, 0.3) is 0 Å². The molecule has 1 aromatic rings. The summed E-state index contributed by atoms with van der Waals surface area (Å²) in [4.78, 5) is 11.6. The Kier molecular flexibility index (Phi) is 7.75. The topological polar surface area (TPSA) is 59.6 Å². The van der Waals surface area contributed by atoms with Crippen LogP contribution in [-0.4, -0.2) is 37.4 Å². The maximum Gasteiger partial charge on any atom is 0.337 e. The predicted molar refractivity (Wildman–Crippen MR) is 99.8 cm³/mol. The lowest BCUT2D eigenvalue weighted by atomic mass is 10.2. The Hall–Kier alpha value is -1.37. The number of benzene rings is 1. The maximum atomic E-state index is 11.6. The maximum absolute atomic E-state index is 11.6. The summed E-state index contributed by atoms with van der Waals surface area (Å²) in [5, 5.41) is 7.05. The van der Waals surface area contributed by atoms with Crippen molar-refractivity contribution in [3.8, 4) is 0 Å². The van der Waals surface area contributed by atoms with E-state index in [-0.39, 0.29) is 0 Å². The van der Waals surface area contributed by atoms with Crippen LogP contribution in [-0.2, 0) is 9.47 Å². The van der Waals surface area contributed by atoms with Crippen molar-refractivity contribution in [3.05, 3.63) is 28.8 Å². The van der Waals surface area contributed by atoms with Crippen LogP contribution in [0.15, 0.2) is 18.2 Å². The molecule has 1 saturated carbocycles. The summed E-state index contributed by atoms with van der Waals surface area (Å²) in [6.07, 6.45) is 6.25. The van der Waals surface area contributed by atoms with Crippen molar-refractivity contribution in [1.82, 2.24) is 5.32 Å². The minimum Gasteiger partial charge on any atom is -0.465 e. The van der Waals surface area contributed by atoms with Crippen LogP contribution in [0.3, 0.4) is 0 Å². The SMILES string of the molecule is COC(=O)c1ccc(Cl)c(NC(=S)NCCCOC2CCCC2)c1. The number of methoxy groups -OCH3 is 1. The summed E-state index contributed by atoms with van der Waals surface area (Å²) < 4.78 is 10.5. The molecule has 1 aromatic carbocycles. The number of carbonyl (C=O) groups excluding carboxylic acids is 1. The molecule has 0 radical (unpaired) electrons. The van der Waals surface area contributed by atoms with E-state index in [4.69, 9.17) is 33.3 Å². The number of hydrogen-bond acceptors (Lipinski definition) is 4. The lowest BCUT2D eigenvalue weighted by molar-refractivity contribution is 0.0573. The van der Waals surface area contributed by atoms with Gasteiger partial charge in [0, 0.05) is 13.2 Å². The molecule has 0 saturated heterocycles. The Morgan fingerprint density at radius 3 is 2.83 bits per heavy atom. The molecule has 0 atom stereocenters. The summed E-state index contributed by atoms with van der Waals surface area (Å²) in [7, 11) is 1.34. The zero-order chi connectivity index (χ0) is 17.4. The predicted octanol–water partition coefficient (Wildman–Crippen LogP) is 3.76. The van der Waals surface area contributed by atoms with Gasteiger partial charge >= 0.3 is 5.97 Å². The molecule has 1 aliphatic carbocycles. The van der Waals surface area contributed by atoms with Crippen LogP contribution in [0.4, 0.5) is 5.69 Å². The highest BCUT2D eigenvalue weighted by Crippen LogP contribution is 2.23. The molecule has 2 rings (SSSR count). The minimum absolute atomic E-state index is 0.414. The fourth-order valence-electron chi connectivity index (χ4n) is 2.61. The third-order valence-electron chi connectivity index (χ3n) is 3.90. The normalized spacial score (nSPS) is 14.4. The fourth-order valence-corrected chi connectivity index (χ4v) is 2.99. The minimum atomic E-state index is -0.419. The zero-order valence-electron chi connectivity index (χ0n) is 13.8. The second-order valence-electron chi connectivity index (χ2n) is 5.70. The van der Waals surface area contributed by atoms with Gasteiger partial charge in [-0.1, -0.05) is 24.4 Å². The second kappa shape index (κ2) is 9.81. The van der Waals surface area contributed by atoms with Gasteiger partial charge in [-0.25, -0.2) is 4.79 Å². The molecule has 5 nitrogen and oxygen atoms in total. The first kappa shape index (κ1) is 19.0. The Morgan fingerprint density at radius 1 is 1.38 bits per heavy atom. The molecule has 1 aliphatic rings. The van der Waals surface area contributed by atoms with E-state index in [1.54, 1.807) is 18.2 Å². The van der Waals surface area contributed by atoms with Gasteiger partial charge in [0.05, 0.1) is 29.5 Å². The van der Waals surface area contributed by atoms with Crippen molar-refractivity contribution in [2.75, 3.05) is 25.6 Å². The molecule has 7 heteroatoms. The van der Waals surface area contributed by atoms with Crippen molar-refractivity contribution < 1.29 is 14.3 Å². The van der Waals surface area contributed by atoms with Crippen LogP contribution in [0.2, 0.25) is 5.02 Å². The number of anilines is 1. The molecular formula is C17H23ClN2O3S. The molecule has 0 bridgehead atoms. The second-order valence-corrected chi connectivity index (χ2v) is 6.51. The van der Waals surface area contributed by atoms with Gasteiger partial charge in [-0.3, -0.25) is 0 Å². The quantitative estimate of drug-likeness (QED) is 0.433. The third kappa shape index (κ3) is 5.92. The molecular weight excluding hydrogens is 348 g/mol. The Labute approximate surface area is 153 Å². The van der Waals surface area contributed by atoms with Crippen molar-refractivity contribution in [3.63, 3.8) is 0 Å². The first-order chi connectivity index (χ1) is 11.6. The van der Waals surface area contributed by atoms with Crippen LogP contribution in [0, 0.1) is 0 Å². The van der Waals surface area contributed by atoms with E-state index in [1.165, 1.54) is 32.8 Å². The van der Waals surface area contributed by atoms with Gasteiger partial charge in [-0.2, -0.15) is 0 Å². The van der Waals surface area contributed by atoms with Crippen LogP contribution in [0.5, 0.6) is 0 Å². The number of carbonyl (C=O) groups is 1. The standard InChI is InChI=1S/C17H23ClN2O3S/c1-22-16(21)12-7-8-14(18)15(11-12)20-17(24)19-9-4-10-23-13-5-2-3-6-13/h7-8,11,13H,2-6,9-10H2,1H3,(H2,19,20,24). The van der Waals surface area contributed by atoms with Gasteiger partial charge in [0.2, 0.25) is 0 Å². The number of ether oxygens (including phenoxy) is 2. The molecule has 24 heavy (non-hydrogen) atoms.